The zero-order valence-corrected chi connectivity index (χ0v) is 18.0. The number of rotatable bonds is 5. The fourth-order valence-electron chi connectivity index (χ4n) is 4.81. The summed E-state index contributed by atoms with van der Waals surface area (Å²) in [5.41, 5.74) is 6.68. The fourth-order valence-corrected chi connectivity index (χ4v) is 4.81. The number of aryl methyl sites for hydroxylation is 1. The highest BCUT2D eigenvalue weighted by molar-refractivity contribution is 5.86. The molecular formula is C25H31N3O2. The van der Waals surface area contributed by atoms with Gasteiger partial charge in [0, 0.05) is 42.8 Å². The molecule has 0 saturated carbocycles. The summed E-state index contributed by atoms with van der Waals surface area (Å²) in [6.45, 7) is 8.57. The maximum atomic E-state index is 6.00. The SMILES string of the molecule is Cc1ccc2[nH]c3c(c2c1)CCN(C)C3c1ccc(OCCN2CCOCC2)cc1. The molecule has 2 aliphatic heterocycles. The average Bonchev–Trinajstić information content (AvgIpc) is 3.13. The second-order valence-electron chi connectivity index (χ2n) is 8.57. The number of nitrogens with zero attached hydrogens (tertiary/aromatic N) is 2. The molecule has 158 valence electrons. The van der Waals surface area contributed by atoms with Gasteiger partial charge in [0.05, 0.1) is 19.3 Å². The van der Waals surface area contributed by atoms with Crippen molar-refractivity contribution in [2.75, 3.05) is 53.0 Å². The summed E-state index contributed by atoms with van der Waals surface area (Å²) in [6, 6.07) is 15.6. The molecule has 1 aromatic heterocycles. The smallest absolute Gasteiger partial charge is 0.119 e. The number of fused-ring (bicyclic) bond motifs is 3. The first-order valence-electron chi connectivity index (χ1n) is 11.0. The summed E-state index contributed by atoms with van der Waals surface area (Å²) in [7, 11) is 2.22. The van der Waals surface area contributed by atoms with Crippen LogP contribution in [0.5, 0.6) is 5.75 Å². The van der Waals surface area contributed by atoms with E-state index < -0.39 is 0 Å². The van der Waals surface area contributed by atoms with Crippen LogP contribution >= 0.6 is 0 Å². The van der Waals surface area contributed by atoms with Gasteiger partial charge in [0.1, 0.15) is 12.4 Å². The van der Waals surface area contributed by atoms with Crippen LogP contribution in [0.3, 0.4) is 0 Å². The van der Waals surface area contributed by atoms with Gasteiger partial charge in [-0.15, -0.1) is 0 Å². The Labute approximate surface area is 178 Å². The van der Waals surface area contributed by atoms with Gasteiger partial charge in [-0.2, -0.15) is 0 Å². The topological polar surface area (TPSA) is 40.7 Å². The lowest BCUT2D eigenvalue weighted by atomic mass is 9.92. The van der Waals surface area contributed by atoms with Crippen LogP contribution in [0.15, 0.2) is 42.5 Å². The molecule has 0 amide bonds. The van der Waals surface area contributed by atoms with Crippen LogP contribution in [0, 0.1) is 6.92 Å². The lowest BCUT2D eigenvalue weighted by molar-refractivity contribution is 0.0322. The molecule has 5 nitrogen and oxygen atoms in total. The lowest BCUT2D eigenvalue weighted by Gasteiger charge is -2.33. The first-order valence-corrected chi connectivity index (χ1v) is 11.0. The van der Waals surface area contributed by atoms with E-state index in [1.54, 1.807) is 0 Å². The van der Waals surface area contributed by atoms with Gasteiger partial charge in [-0.25, -0.2) is 0 Å². The number of nitrogens with one attached hydrogen (secondary N) is 1. The van der Waals surface area contributed by atoms with Gasteiger partial charge in [0.15, 0.2) is 0 Å². The second kappa shape index (κ2) is 8.42. The molecule has 1 N–H and O–H groups in total. The third-order valence-corrected chi connectivity index (χ3v) is 6.50. The summed E-state index contributed by atoms with van der Waals surface area (Å²) in [4.78, 5) is 8.56. The molecule has 5 rings (SSSR count). The van der Waals surface area contributed by atoms with Crippen molar-refractivity contribution >= 4 is 10.9 Å². The van der Waals surface area contributed by atoms with Gasteiger partial charge in [-0.3, -0.25) is 9.80 Å². The number of aromatic amines is 1. The Bertz CT molecular complexity index is 1010. The van der Waals surface area contributed by atoms with Gasteiger partial charge in [0.2, 0.25) is 0 Å². The van der Waals surface area contributed by atoms with Crippen molar-refractivity contribution in [3.8, 4) is 5.75 Å². The van der Waals surface area contributed by atoms with E-state index >= 15 is 0 Å². The Morgan fingerprint density at radius 2 is 1.87 bits per heavy atom. The Morgan fingerprint density at radius 1 is 1.07 bits per heavy atom. The highest BCUT2D eigenvalue weighted by Gasteiger charge is 2.29. The second-order valence-corrected chi connectivity index (χ2v) is 8.57. The third kappa shape index (κ3) is 3.85. The van der Waals surface area contributed by atoms with E-state index in [0.717, 1.165) is 51.6 Å². The average molecular weight is 406 g/mol. The number of hydrogen-bond donors (Lipinski definition) is 1. The van der Waals surface area contributed by atoms with Gasteiger partial charge in [-0.05, 0) is 55.8 Å². The molecule has 3 heterocycles. The van der Waals surface area contributed by atoms with E-state index in [2.05, 4.69) is 71.2 Å². The molecule has 1 fully saturated rings. The minimum Gasteiger partial charge on any atom is -0.492 e. The predicted molar refractivity (Wildman–Crippen MR) is 120 cm³/mol. The van der Waals surface area contributed by atoms with E-state index in [-0.39, 0.29) is 6.04 Å². The molecule has 1 unspecified atom stereocenters. The standard InChI is InChI=1S/C25H31N3O2/c1-18-3-8-23-22(17-18)21-9-10-27(2)25(24(21)26-23)19-4-6-20(7-5-19)30-16-13-28-11-14-29-15-12-28/h3-8,17,25-26H,9-16H2,1-2H3. The summed E-state index contributed by atoms with van der Waals surface area (Å²) in [5.74, 6) is 0.943. The minimum absolute atomic E-state index is 0.254. The summed E-state index contributed by atoms with van der Waals surface area (Å²) in [6.07, 6.45) is 1.09. The van der Waals surface area contributed by atoms with Crippen molar-refractivity contribution in [1.82, 2.24) is 14.8 Å². The van der Waals surface area contributed by atoms with Crippen LogP contribution in [-0.2, 0) is 11.2 Å². The molecular weight excluding hydrogens is 374 g/mol. The van der Waals surface area contributed by atoms with E-state index in [1.807, 2.05) is 0 Å². The molecule has 1 saturated heterocycles. The van der Waals surface area contributed by atoms with Crippen molar-refractivity contribution in [3.05, 3.63) is 64.8 Å². The molecule has 3 aromatic rings. The molecule has 0 spiro atoms. The molecule has 5 heteroatoms. The molecule has 2 aromatic carbocycles. The zero-order valence-electron chi connectivity index (χ0n) is 18.0. The van der Waals surface area contributed by atoms with Gasteiger partial charge in [0.25, 0.3) is 0 Å². The number of benzene rings is 2. The molecule has 0 bridgehead atoms. The number of H-pyrrole nitrogens is 1. The van der Waals surface area contributed by atoms with Gasteiger partial charge >= 0.3 is 0 Å². The number of aromatic nitrogens is 1. The minimum atomic E-state index is 0.254. The van der Waals surface area contributed by atoms with Crippen molar-refractivity contribution in [1.29, 1.82) is 0 Å². The van der Waals surface area contributed by atoms with Crippen LogP contribution in [0.25, 0.3) is 10.9 Å². The van der Waals surface area contributed by atoms with Crippen molar-refractivity contribution in [3.63, 3.8) is 0 Å². The van der Waals surface area contributed by atoms with Crippen LogP contribution in [0.4, 0.5) is 0 Å². The van der Waals surface area contributed by atoms with Crippen LogP contribution in [0.2, 0.25) is 0 Å². The summed E-state index contributed by atoms with van der Waals surface area (Å²) in [5, 5.41) is 1.38. The fraction of sp³-hybridized carbons (Fsp3) is 0.440. The van der Waals surface area contributed by atoms with Crippen molar-refractivity contribution in [2.24, 2.45) is 0 Å². The Kier molecular flexibility index (Phi) is 5.50. The van der Waals surface area contributed by atoms with Gasteiger partial charge < -0.3 is 14.5 Å². The van der Waals surface area contributed by atoms with Crippen LogP contribution < -0.4 is 4.74 Å². The Balaban J connectivity index is 1.32. The highest BCUT2D eigenvalue weighted by atomic mass is 16.5. The Hall–Kier alpha value is -2.34. The number of hydrogen-bond acceptors (Lipinski definition) is 4. The normalized spacial score (nSPS) is 20.4. The van der Waals surface area contributed by atoms with Gasteiger partial charge in [-0.1, -0.05) is 23.8 Å². The summed E-state index contributed by atoms with van der Waals surface area (Å²) >= 11 is 0. The maximum absolute atomic E-state index is 6.00. The van der Waals surface area contributed by atoms with Crippen LogP contribution in [0.1, 0.15) is 28.4 Å². The lowest BCUT2D eigenvalue weighted by Crippen LogP contribution is -2.38. The summed E-state index contributed by atoms with van der Waals surface area (Å²) < 4.78 is 11.4. The maximum Gasteiger partial charge on any atom is 0.119 e. The molecule has 2 aliphatic rings. The predicted octanol–water partition coefficient (Wildman–Crippen LogP) is 3.76. The first-order chi connectivity index (χ1) is 14.7. The zero-order chi connectivity index (χ0) is 20.5. The van der Waals surface area contributed by atoms with Crippen LogP contribution in [-0.4, -0.2) is 67.8 Å². The van der Waals surface area contributed by atoms with E-state index in [0.29, 0.717) is 6.61 Å². The largest absolute Gasteiger partial charge is 0.492 e. The molecule has 1 atom stereocenters. The Morgan fingerprint density at radius 3 is 2.67 bits per heavy atom. The van der Waals surface area contributed by atoms with E-state index in [9.17, 15) is 0 Å². The number of likely N-dealkylation sites (N-methyl/N-ethyl adjacent to an activating group) is 1. The number of morpholine rings is 1. The number of ether oxygens (including phenoxy) is 2. The third-order valence-electron chi connectivity index (χ3n) is 6.50. The first kappa shape index (κ1) is 19.6. The van der Waals surface area contributed by atoms with Crippen molar-refractivity contribution in [2.45, 2.75) is 19.4 Å². The van der Waals surface area contributed by atoms with E-state index in [4.69, 9.17) is 9.47 Å². The molecule has 0 aliphatic carbocycles. The highest BCUT2D eigenvalue weighted by Crippen LogP contribution is 2.38. The monoisotopic (exact) mass is 405 g/mol. The quantitative estimate of drug-likeness (QED) is 0.702. The molecule has 0 radical (unpaired) electrons. The van der Waals surface area contributed by atoms with Crippen molar-refractivity contribution < 1.29 is 9.47 Å². The van der Waals surface area contributed by atoms with E-state index in [1.165, 1.54) is 33.3 Å². The molecule has 30 heavy (non-hydrogen) atoms.